The van der Waals surface area contributed by atoms with E-state index in [4.69, 9.17) is 0 Å². The Balaban J connectivity index is 1.99. The molecule has 0 aromatic heterocycles. The van der Waals surface area contributed by atoms with Crippen molar-refractivity contribution in [1.82, 2.24) is 10.2 Å². The first kappa shape index (κ1) is 13.2. The fourth-order valence-electron chi connectivity index (χ4n) is 2.78. The summed E-state index contributed by atoms with van der Waals surface area (Å²) in [4.78, 5) is 14.6. The Kier molecular flexibility index (Phi) is 4.03. The molecule has 0 aliphatic carbocycles. The lowest BCUT2D eigenvalue weighted by atomic mass is 9.91. The number of amides is 1. The standard InChI is InChI=1S/C13H24N2OS/c1-10-5-4-6-14-11(10)12(16)15-7-8-17-13(2,3)9-15/h10-11,14H,4-9H2,1-3H3. The second-order valence-electron chi connectivity index (χ2n) is 5.92. The highest BCUT2D eigenvalue weighted by atomic mass is 32.2. The van der Waals surface area contributed by atoms with Gasteiger partial charge in [0.2, 0.25) is 5.91 Å². The van der Waals surface area contributed by atoms with Crippen molar-refractivity contribution in [3.8, 4) is 0 Å². The van der Waals surface area contributed by atoms with Crippen LogP contribution in [0.25, 0.3) is 0 Å². The molecule has 0 radical (unpaired) electrons. The van der Waals surface area contributed by atoms with E-state index in [9.17, 15) is 4.79 Å². The minimum Gasteiger partial charge on any atom is -0.339 e. The fraction of sp³-hybridized carbons (Fsp3) is 0.923. The fourth-order valence-corrected chi connectivity index (χ4v) is 3.89. The Bertz CT molecular complexity index is 293. The largest absolute Gasteiger partial charge is 0.339 e. The summed E-state index contributed by atoms with van der Waals surface area (Å²) in [5, 5.41) is 3.40. The summed E-state index contributed by atoms with van der Waals surface area (Å²) in [5.41, 5.74) is 0. The van der Waals surface area contributed by atoms with Crippen molar-refractivity contribution >= 4 is 17.7 Å². The number of hydrogen-bond acceptors (Lipinski definition) is 3. The van der Waals surface area contributed by atoms with Crippen molar-refractivity contribution < 1.29 is 4.79 Å². The third kappa shape index (κ3) is 3.16. The summed E-state index contributed by atoms with van der Waals surface area (Å²) >= 11 is 1.97. The predicted octanol–water partition coefficient (Wildman–Crippen LogP) is 1.73. The zero-order valence-electron chi connectivity index (χ0n) is 11.2. The van der Waals surface area contributed by atoms with Crippen LogP contribution in [-0.2, 0) is 4.79 Å². The molecule has 2 rings (SSSR count). The third-order valence-corrected chi connectivity index (χ3v) is 5.07. The molecular weight excluding hydrogens is 232 g/mol. The topological polar surface area (TPSA) is 32.3 Å². The number of thioether (sulfide) groups is 1. The van der Waals surface area contributed by atoms with Crippen LogP contribution in [0, 0.1) is 5.92 Å². The van der Waals surface area contributed by atoms with E-state index < -0.39 is 0 Å². The summed E-state index contributed by atoms with van der Waals surface area (Å²) in [6.07, 6.45) is 2.38. The molecule has 0 aromatic carbocycles. The number of hydrogen-bond donors (Lipinski definition) is 1. The van der Waals surface area contributed by atoms with E-state index >= 15 is 0 Å². The monoisotopic (exact) mass is 256 g/mol. The molecule has 98 valence electrons. The molecule has 0 bridgehead atoms. The third-order valence-electron chi connectivity index (χ3n) is 3.77. The summed E-state index contributed by atoms with van der Waals surface area (Å²) < 4.78 is 0.214. The van der Waals surface area contributed by atoms with E-state index in [0.717, 1.165) is 25.4 Å². The second-order valence-corrected chi connectivity index (χ2v) is 7.72. The van der Waals surface area contributed by atoms with Crippen LogP contribution >= 0.6 is 11.8 Å². The number of piperidine rings is 1. The van der Waals surface area contributed by atoms with E-state index in [1.165, 1.54) is 12.8 Å². The molecule has 0 aromatic rings. The smallest absolute Gasteiger partial charge is 0.240 e. The molecule has 2 unspecified atom stereocenters. The van der Waals surface area contributed by atoms with Gasteiger partial charge < -0.3 is 10.2 Å². The maximum absolute atomic E-state index is 12.5. The van der Waals surface area contributed by atoms with Gasteiger partial charge in [-0.25, -0.2) is 0 Å². The van der Waals surface area contributed by atoms with Crippen LogP contribution in [0.15, 0.2) is 0 Å². The first-order valence-corrected chi connectivity index (χ1v) is 7.64. The van der Waals surface area contributed by atoms with Crippen molar-refractivity contribution in [2.24, 2.45) is 5.92 Å². The van der Waals surface area contributed by atoms with Gasteiger partial charge in [-0.3, -0.25) is 4.79 Å². The van der Waals surface area contributed by atoms with Gasteiger partial charge in [0.25, 0.3) is 0 Å². The second kappa shape index (κ2) is 5.19. The lowest BCUT2D eigenvalue weighted by Crippen LogP contribution is -2.56. The lowest BCUT2D eigenvalue weighted by molar-refractivity contribution is -0.135. The van der Waals surface area contributed by atoms with Crippen molar-refractivity contribution in [1.29, 1.82) is 0 Å². The van der Waals surface area contributed by atoms with Gasteiger partial charge in [0.15, 0.2) is 0 Å². The van der Waals surface area contributed by atoms with Crippen LogP contribution in [0.5, 0.6) is 0 Å². The lowest BCUT2D eigenvalue weighted by Gasteiger charge is -2.41. The Morgan fingerprint density at radius 3 is 2.88 bits per heavy atom. The molecule has 2 saturated heterocycles. The molecule has 2 aliphatic heterocycles. The quantitative estimate of drug-likeness (QED) is 0.775. The van der Waals surface area contributed by atoms with E-state index in [1.807, 2.05) is 11.8 Å². The van der Waals surface area contributed by atoms with Gasteiger partial charge in [0.1, 0.15) is 0 Å². The van der Waals surface area contributed by atoms with Crippen molar-refractivity contribution in [3.63, 3.8) is 0 Å². The normalized spacial score (nSPS) is 33.5. The van der Waals surface area contributed by atoms with E-state index in [2.05, 4.69) is 31.0 Å². The molecule has 0 saturated carbocycles. The van der Waals surface area contributed by atoms with Gasteiger partial charge in [0.05, 0.1) is 6.04 Å². The van der Waals surface area contributed by atoms with Crippen LogP contribution < -0.4 is 5.32 Å². The van der Waals surface area contributed by atoms with Gasteiger partial charge in [-0.1, -0.05) is 6.92 Å². The molecule has 4 heteroatoms. The highest BCUT2D eigenvalue weighted by molar-refractivity contribution is 8.00. The van der Waals surface area contributed by atoms with Gasteiger partial charge >= 0.3 is 0 Å². The predicted molar refractivity (Wildman–Crippen MR) is 73.3 cm³/mol. The van der Waals surface area contributed by atoms with E-state index in [1.54, 1.807) is 0 Å². The number of rotatable bonds is 1. The van der Waals surface area contributed by atoms with Crippen LogP contribution in [-0.4, -0.2) is 47.0 Å². The highest BCUT2D eigenvalue weighted by Gasteiger charge is 2.35. The zero-order chi connectivity index (χ0) is 12.5. The Hall–Kier alpha value is -0.220. The number of nitrogens with one attached hydrogen (secondary N) is 1. The minimum atomic E-state index is 0.0580. The molecule has 3 nitrogen and oxygen atoms in total. The van der Waals surface area contributed by atoms with Gasteiger partial charge in [0, 0.05) is 23.6 Å². The molecule has 1 N–H and O–H groups in total. The molecule has 2 atom stereocenters. The van der Waals surface area contributed by atoms with Crippen molar-refractivity contribution in [2.75, 3.05) is 25.4 Å². The first-order valence-electron chi connectivity index (χ1n) is 6.66. The van der Waals surface area contributed by atoms with Crippen LogP contribution in [0.4, 0.5) is 0 Å². The molecule has 2 heterocycles. The highest BCUT2D eigenvalue weighted by Crippen LogP contribution is 2.30. The summed E-state index contributed by atoms with van der Waals surface area (Å²) in [7, 11) is 0. The molecule has 17 heavy (non-hydrogen) atoms. The Labute approximate surface area is 109 Å². The molecular formula is C13H24N2OS. The average molecular weight is 256 g/mol. The Morgan fingerprint density at radius 1 is 1.47 bits per heavy atom. The average Bonchev–Trinajstić information content (AvgIpc) is 2.27. The molecule has 2 aliphatic rings. The van der Waals surface area contributed by atoms with Crippen LogP contribution in [0.2, 0.25) is 0 Å². The summed E-state index contributed by atoms with van der Waals surface area (Å²) in [6, 6.07) is 0.0580. The van der Waals surface area contributed by atoms with E-state index in [-0.39, 0.29) is 10.8 Å². The zero-order valence-corrected chi connectivity index (χ0v) is 12.0. The van der Waals surface area contributed by atoms with Crippen LogP contribution in [0.3, 0.4) is 0 Å². The van der Waals surface area contributed by atoms with Crippen LogP contribution in [0.1, 0.15) is 33.6 Å². The first-order chi connectivity index (χ1) is 7.99. The maximum atomic E-state index is 12.5. The number of nitrogens with zero attached hydrogens (tertiary/aromatic N) is 1. The van der Waals surface area contributed by atoms with E-state index in [0.29, 0.717) is 11.8 Å². The summed E-state index contributed by atoms with van der Waals surface area (Å²) in [5.74, 6) is 1.87. The number of carbonyl (C=O) groups is 1. The molecule has 1 amide bonds. The van der Waals surface area contributed by atoms with Gasteiger partial charge in [-0.2, -0.15) is 11.8 Å². The molecule has 2 fully saturated rings. The van der Waals surface area contributed by atoms with Gasteiger partial charge in [-0.05, 0) is 39.2 Å². The molecule has 0 spiro atoms. The van der Waals surface area contributed by atoms with Crippen molar-refractivity contribution in [2.45, 2.75) is 44.4 Å². The minimum absolute atomic E-state index is 0.0580. The maximum Gasteiger partial charge on any atom is 0.240 e. The SMILES string of the molecule is CC1CCCNC1C(=O)N1CCSC(C)(C)C1. The summed E-state index contributed by atoms with van der Waals surface area (Å²) in [6.45, 7) is 9.45. The number of carbonyl (C=O) groups excluding carboxylic acids is 1. The van der Waals surface area contributed by atoms with Crippen molar-refractivity contribution in [3.05, 3.63) is 0 Å². The van der Waals surface area contributed by atoms with Gasteiger partial charge in [-0.15, -0.1) is 0 Å². The Morgan fingerprint density at radius 2 is 2.24 bits per heavy atom.